The van der Waals surface area contributed by atoms with Crippen LogP contribution in [0, 0.1) is 0 Å². The number of thiazole rings is 1. The molecule has 1 aromatic rings. The van der Waals surface area contributed by atoms with E-state index in [1.54, 1.807) is 6.08 Å². The summed E-state index contributed by atoms with van der Waals surface area (Å²) < 4.78 is 0. The van der Waals surface area contributed by atoms with Crippen LogP contribution in [0.15, 0.2) is 17.4 Å². The van der Waals surface area contributed by atoms with Crippen molar-refractivity contribution in [2.75, 3.05) is 0 Å². The van der Waals surface area contributed by atoms with Crippen LogP contribution in [0.25, 0.3) is 11.6 Å². The summed E-state index contributed by atoms with van der Waals surface area (Å²) in [5.41, 5.74) is 1.96. The third-order valence-electron chi connectivity index (χ3n) is 1.69. The van der Waals surface area contributed by atoms with Crippen molar-refractivity contribution < 1.29 is 0 Å². The van der Waals surface area contributed by atoms with E-state index in [4.69, 9.17) is 0 Å². The van der Waals surface area contributed by atoms with E-state index in [0.717, 1.165) is 16.1 Å². The molecule has 1 rings (SSSR count). The number of H-pyrrole nitrogens is 1. The van der Waals surface area contributed by atoms with Gasteiger partial charge in [-0.1, -0.05) is 24.0 Å². The van der Waals surface area contributed by atoms with Gasteiger partial charge in [-0.2, -0.15) is 0 Å². The Morgan fingerprint density at radius 3 is 2.83 bits per heavy atom. The Morgan fingerprint density at radius 1 is 1.67 bits per heavy atom. The Balaban J connectivity index is 3.31. The molecule has 64 valence electrons. The first-order chi connectivity index (χ1) is 5.69. The van der Waals surface area contributed by atoms with Crippen molar-refractivity contribution in [3.8, 4) is 0 Å². The van der Waals surface area contributed by atoms with E-state index in [-0.39, 0.29) is 4.87 Å². The average Bonchev–Trinajstić information content (AvgIpc) is 2.45. The maximum atomic E-state index is 11.0. The van der Waals surface area contributed by atoms with Gasteiger partial charge in [0.25, 0.3) is 0 Å². The summed E-state index contributed by atoms with van der Waals surface area (Å²) in [5.74, 6) is 0. The van der Waals surface area contributed by atoms with Gasteiger partial charge in [0, 0.05) is 0 Å². The number of rotatable bonds is 2. The van der Waals surface area contributed by atoms with Crippen molar-refractivity contribution in [1.82, 2.24) is 4.98 Å². The predicted octanol–water partition coefficient (Wildman–Crippen LogP) is 2.50. The van der Waals surface area contributed by atoms with E-state index < -0.39 is 0 Å². The van der Waals surface area contributed by atoms with Crippen LogP contribution < -0.4 is 4.87 Å². The van der Waals surface area contributed by atoms with Crippen LogP contribution in [-0.4, -0.2) is 4.98 Å². The van der Waals surface area contributed by atoms with E-state index >= 15 is 0 Å². The molecule has 12 heavy (non-hydrogen) atoms. The van der Waals surface area contributed by atoms with Crippen molar-refractivity contribution in [2.24, 2.45) is 0 Å². The quantitative estimate of drug-likeness (QED) is 0.747. The minimum atomic E-state index is -0.0268. The lowest BCUT2D eigenvalue weighted by molar-refractivity contribution is 1.28. The number of hydrogen-bond acceptors (Lipinski definition) is 2. The van der Waals surface area contributed by atoms with Crippen molar-refractivity contribution in [2.45, 2.75) is 13.8 Å². The number of aromatic amines is 1. The number of aromatic nitrogens is 1. The second-order valence-electron chi connectivity index (χ2n) is 2.43. The Kier molecular flexibility index (Phi) is 2.65. The molecule has 0 atom stereocenters. The van der Waals surface area contributed by atoms with Gasteiger partial charge >= 0.3 is 4.87 Å². The molecule has 0 aromatic carbocycles. The van der Waals surface area contributed by atoms with Crippen molar-refractivity contribution in [1.29, 1.82) is 0 Å². The van der Waals surface area contributed by atoms with Crippen LogP contribution in [0.3, 0.4) is 0 Å². The molecule has 0 aliphatic heterocycles. The van der Waals surface area contributed by atoms with Crippen LogP contribution in [0.1, 0.15) is 24.4 Å². The topological polar surface area (TPSA) is 32.9 Å². The summed E-state index contributed by atoms with van der Waals surface area (Å²) in [6.45, 7) is 7.55. The lowest BCUT2D eigenvalue weighted by atomic mass is 10.2. The first-order valence-corrected chi connectivity index (χ1v) is 4.49. The summed E-state index contributed by atoms with van der Waals surface area (Å²) in [7, 11) is 0. The molecule has 1 aromatic heterocycles. The van der Waals surface area contributed by atoms with Gasteiger partial charge in [-0.25, -0.2) is 0 Å². The first kappa shape index (κ1) is 9.00. The Bertz CT molecular complexity index is 370. The van der Waals surface area contributed by atoms with E-state index in [2.05, 4.69) is 11.6 Å². The van der Waals surface area contributed by atoms with Crippen LogP contribution in [0.2, 0.25) is 0 Å². The minimum Gasteiger partial charge on any atom is -0.312 e. The van der Waals surface area contributed by atoms with Gasteiger partial charge in [0.05, 0.1) is 10.6 Å². The average molecular weight is 181 g/mol. The molecule has 0 unspecified atom stereocenters. The van der Waals surface area contributed by atoms with Crippen LogP contribution in [0.4, 0.5) is 0 Å². The molecule has 0 bridgehead atoms. The third kappa shape index (κ3) is 1.56. The van der Waals surface area contributed by atoms with Crippen molar-refractivity contribution >= 4 is 23.0 Å². The van der Waals surface area contributed by atoms with Gasteiger partial charge in [-0.15, -0.1) is 0 Å². The second-order valence-corrected chi connectivity index (χ2v) is 3.44. The Labute approximate surface area is 75.3 Å². The second kappa shape index (κ2) is 3.54. The zero-order valence-corrected chi connectivity index (χ0v) is 7.99. The van der Waals surface area contributed by atoms with E-state index in [1.165, 1.54) is 11.3 Å². The molecule has 0 aliphatic rings. The zero-order valence-electron chi connectivity index (χ0n) is 7.18. The fraction of sp³-hybridized carbons (Fsp3) is 0.222. The summed E-state index contributed by atoms with van der Waals surface area (Å²) in [6, 6.07) is 0. The third-order valence-corrected chi connectivity index (χ3v) is 2.57. The molecule has 1 N–H and O–H groups in total. The highest BCUT2D eigenvalue weighted by Crippen LogP contribution is 2.18. The normalized spacial score (nSPS) is 11.7. The molecule has 0 fully saturated rings. The molecule has 2 nitrogen and oxygen atoms in total. The van der Waals surface area contributed by atoms with Gasteiger partial charge in [0.1, 0.15) is 0 Å². The van der Waals surface area contributed by atoms with E-state index in [0.29, 0.717) is 0 Å². The van der Waals surface area contributed by atoms with Gasteiger partial charge in [-0.05, 0) is 25.5 Å². The fourth-order valence-electron chi connectivity index (χ4n) is 0.921. The molecule has 0 saturated heterocycles. The lowest BCUT2D eigenvalue weighted by Crippen LogP contribution is -1.93. The highest BCUT2D eigenvalue weighted by molar-refractivity contribution is 7.10. The molecular formula is C9H11NOS. The largest absolute Gasteiger partial charge is 0.312 e. The summed E-state index contributed by atoms with van der Waals surface area (Å²) >= 11 is 1.19. The van der Waals surface area contributed by atoms with E-state index in [1.807, 2.05) is 19.9 Å². The van der Waals surface area contributed by atoms with Gasteiger partial charge in [0.15, 0.2) is 0 Å². The standard InChI is InChI=1S/C9H11NOS/c1-4-6(3)8-7(5-2)12-9(11)10-8/h4-5H,2H2,1,3H3,(H,10,11)/b6-4-. The van der Waals surface area contributed by atoms with Crippen LogP contribution >= 0.6 is 11.3 Å². The molecule has 0 radical (unpaired) electrons. The van der Waals surface area contributed by atoms with Crippen LogP contribution in [-0.2, 0) is 0 Å². The molecule has 3 heteroatoms. The highest BCUT2D eigenvalue weighted by atomic mass is 32.1. The monoisotopic (exact) mass is 181 g/mol. The van der Waals surface area contributed by atoms with Gasteiger partial charge in [0.2, 0.25) is 0 Å². The maximum absolute atomic E-state index is 11.0. The van der Waals surface area contributed by atoms with E-state index in [9.17, 15) is 4.79 Å². The molecule has 1 heterocycles. The molecule has 0 spiro atoms. The van der Waals surface area contributed by atoms with Crippen molar-refractivity contribution in [3.05, 3.63) is 32.9 Å². The number of hydrogen-bond donors (Lipinski definition) is 1. The van der Waals surface area contributed by atoms with Crippen molar-refractivity contribution in [3.63, 3.8) is 0 Å². The minimum absolute atomic E-state index is 0.0268. The number of nitrogens with one attached hydrogen (secondary N) is 1. The maximum Gasteiger partial charge on any atom is 0.305 e. The predicted molar refractivity (Wildman–Crippen MR) is 54.4 cm³/mol. The summed E-state index contributed by atoms with van der Waals surface area (Å²) in [6.07, 6.45) is 3.66. The smallest absolute Gasteiger partial charge is 0.305 e. The highest BCUT2D eigenvalue weighted by Gasteiger charge is 2.04. The summed E-state index contributed by atoms with van der Waals surface area (Å²) in [5, 5.41) is 0. The lowest BCUT2D eigenvalue weighted by Gasteiger charge is -1.96. The molecule has 0 aliphatic carbocycles. The first-order valence-electron chi connectivity index (χ1n) is 3.68. The van der Waals surface area contributed by atoms with Crippen LogP contribution in [0.5, 0.6) is 0 Å². The molecule has 0 saturated carbocycles. The Morgan fingerprint density at radius 2 is 2.33 bits per heavy atom. The van der Waals surface area contributed by atoms with Gasteiger partial charge in [-0.3, -0.25) is 4.79 Å². The fourth-order valence-corrected chi connectivity index (χ4v) is 1.67. The Hall–Kier alpha value is -1.09. The molecule has 0 amide bonds. The number of allylic oxidation sites excluding steroid dienone is 2. The van der Waals surface area contributed by atoms with Gasteiger partial charge < -0.3 is 4.98 Å². The SMILES string of the molecule is C=Cc1sc(=O)[nH]c1/C(C)=C\C. The molecular weight excluding hydrogens is 170 g/mol. The summed E-state index contributed by atoms with van der Waals surface area (Å²) in [4.78, 5) is 14.6. The zero-order chi connectivity index (χ0) is 9.14.